The fraction of sp³-hybridized carbons (Fsp3) is 0.0714. The van der Waals surface area contributed by atoms with E-state index >= 15 is 0 Å². The van der Waals surface area contributed by atoms with Gasteiger partial charge in [0.05, 0.1) is 5.52 Å². The molecular formula is C14H12FN3. The summed E-state index contributed by atoms with van der Waals surface area (Å²) in [5.74, 6) is 0.280. The number of benzene rings is 2. The fourth-order valence-electron chi connectivity index (χ4n) is 2.07. The average molecular weight is 241 g/mol. The topological polar surface area (TPSA) is 54.7 Å². The van der Waals surface area contributed by atoms with Gasteiger partial charge in [0.15, 0.2) is 5.82 Å². The quantitative estimate of drug-likeness (QED) is 0.724. The van der Waals surface area contributed by atoms with Crippen LogP contribution in [-0.2, 0) is 6.42 Å². The fourth-order valence-corrected chi connectivity index (χ4v) is 2.07. The summed E-state index contributed by atoms with van der Waals surface area (Å²) in [6.45, 7) is 0. The zero-order valence-electron chi connectivity index (χ0n) is 9.65. The highest BCUT2D eigenvalue weighted by molar-refractivity contribution is 5.89. The van der Waals surface area contributed by atoms with E-state index in [0.717, 1.165) is 22.0 Å². The van der Waals surface area contributed by atoms with E-state index in [0.29, 0.717) is 12.2 Å². The van der Waals surface area contributed by atoms with E-state index in [4.69, 9.17) is 5.73 Å². The third-order valence-electron chi connectivity index (χ3n) is 2.95. The lowest BCUT2D eigenvalue weighted by Crippen LogP contribution is -1.90. The molecule has 0 spiro atoms. The summed E-state index contributed by atoms with van der Waals surface area (Å²) in [5, 5.41) is 7.71. The molecule has 3 aromatic rings. The molecule has 0 fully saturated rings. The van der Waals surface area contributed by atoms with Crippen LogP contribution in [0.15, 0.2) is 42.5 Å². The lowest BCUT2D eigenvalue weighted by atomic mass is 10.0. The van der Waals surface area contributed by atoms with Crippen LogP contribution in [-0.4, -0.2) is 10.2 Å². The second kappa shape index (κ2) is 4.14. The number of nitrogens with zero attached hydrogens (tertiary/aromatic N) is 1. The number of anilines is 1. The van der Waals surface area contributed by atoms with Crippen LogP contribution in [0.4, 0.5) is 10.2 Å². The van der Waals surface area contributed by atoms with Crippen molar-refractivity contribution in [3.05, 3.63) is 59.4 Å². The smallest absolute Gasteiger partial charge is 0.153 e. The first-order valence-electron chi connectivity index (χ1n) is 5.69. The van der Waals surface area contributed by atoms with E-state index in [1.807, 2.05) is 24.3 Å². The second-order valence-electron chi connectivity index (χ2n) is 4.30. The maximum absolute atomic E-state index is 13.1. The van der Waals surface area contributed by atoms with Crippen LogP contribution in [0.2, 0.25) is 0 Å². The van der Waals surface area contributed by atoms with Gasteiger partial charge in [0.25, 0.3) is 0 Å². The van der Waals surface area contributed by atoms with Gasteiger partial charge in [-0.3, -0.25) is 5.10 Å². The largest absolute Gasteiger partial charge is 0.382 e. The number of fused-ring (bicyclic) bond motifs is 1. The monoisotopic (exact) mass is 241 g/mol. The molecule has 0 saturated heterocycles. The molecule has 18 heavy (non-hydrogen) atoms. The molecule has 1 aromatic heterocycles. The van der Waals surface area contributed by atoms with Gasteiger partial charge in [0.1, 0.15) is 5.82 Å². The van der Waals surface area contributed by atoms with Crippen molar-refractivity contribution in [3.8, 4) is 0 Å². The van der Waals surface area contributed by atoms with Crippen LogP contribution in [0.3, 0.4) is 0 Å². The van der Waals surface area contributed by atoms with Crippen molar-refractivity contribution in [2.45, 2.75) is 6.42 Å². The Balaban J connectivity index is 1.97. The Morgan fingerprint density at radius 2 is 1.94 bits per heavy atom. The second-order valence-corrected chi connectivity index (χ2v) is 4.30. The summed E-state index contributed by atoms with van der Waals surface area (Å²) in [6.07, 6.45) is 0.679. The van der Waals surface area contributed by atoms with Crippen molar-refractivity contribution in [2.24, 2.45) is 0 Å². The first-order valence-corrected chi connectivity index (χ1v) is 5.69. The van der Waals surface area contributed by atoms with Gasteiger partial charge in [-0.1, -0.05) is 18.2 Å². The Morgan fingerprint density at radius 1 is 1.11 bits per heavy atom. The number of rotatable bonds is 2. The van der Waals surface area contributed by atoms with Crippen LogP contribution in [0, 0.1) is 5.82 Å². The lowest BCUT2D eigenvalue weighted by molar-refractivity contribution is 0.626. The third-order valence-corrected chi connectivity index (χ3v) is 2.95. The standard InChI is InChI=1S/C14H12FN3/c15-11-3-1-2-9(7-11)6-10-4-5-13-12(8-10)14(16)18-17-13/h1-5,7-8H,6H2,(H3,16,17,18). The molecule has 0 radical (unpaired) electrons. The molecule has 0 atom stereocenters. The number of halogens is 1. The van der Waals surface area contributed by atoms with Crippen LogP contribution in [0.1, 0.15) is 11.1 Å². The molecule has 1 heterocycles. The zero-order valence-corrected chi connectivity index (χ0v) is 9.65. The summed E-state index contributed by atoms with van der Waals surface area (Å²) in [6, 6.07) is 12.5. The molecule has 0 aliphatic rings. The van der Waals surface area contributed by atoms with Crippen molar-refractivity contribution in [3.63, 3.8) is 0 Å². The number of nitrogen functional groups attached to an aromatic ring is 1. The van der Waals surface area contributed by atoms with Gasteiger partial charge >= 0.3 is 0 Å². The predicted octanol–water partition coefficient (Wildman–Crippen LogP) is 2.88. The van der Waals surface area contributed by atoms with E-state index < -0.39 is 0 Å². The maximum atomic E-state index is 13.1. The van der Waals surface area contributed by atoms with Crippen molar-refractivity contribution >= 4 is 16.7 Å². The number of nitrogens with one attached hydrogen (secondary N) is 1. The highest BCUT2D eigenvalue weighted by Crippen LogP contribution is 2.21. The van der Waals surface area contributed by atoms with Crippen molar-refractivity contribution in [1.29, 1.82) is 0 Å². The molecule has 0 unspecified atom stereocenters. The van der Waals surface area contributed by atoms with Gasteiger partial charge < -0.3 is 5.73 Å². The molecule has 0 bridgehead atoms. The van der Waals surface area contributed by atoms with Crippen LogP contribution < -0.4 is 5.73 Å². The molecule has 3 nitrogen and oxygen atoms in total. The number of aromatic amines is 1. The van der Waals surface area contributed by atoms with Gasteiger partial charge in [-0.15, -0.1) is 0 Å². The number of hydrogen-bond acceptors (Lipinski definition) is 2. The Hall–Kier alpha value is -2.36. The zero-order chi connectivity index (χ0) is 12.5. The molecule has 0 aliphatic carbocycles. The minimum atomic E-state index is -0.212. The van der Waals surface area contributed by atoms with Gasteiger partial charge in [-0.25, -0.2) is 4.39 Å². The van der Waals surface area contributed by atoms with E-state index in [-0.39, 0.29) is 5.82 Å². The third kappa shape index (κ3) is 1.93. The number of hydrogen-bond donors (Lipinski definition) is 2. The highest BCUT2D eigenvalue weighted by Gasteiger charge is 2.04. The summed E-state index contributed by atoms with van der Waals surface area (Å²) >= 11 is 0. The first-order chi connectivity index (χ1) is 8.72. The van der Waals surface area contributed by atoms with Gasteiger partial charge in [-0.05, 0) is 41.8 Å². The summed E-state index contributed by atoms with van der Waals surface area (Å²) < 4.78 is 13.1. The van der Waals surface area contributed by atoms with E-state index in [1.54, 1.807) is 12.1 Å². The predicted molar refractivity (Wildman–Crippen MR) is 69.7 cm³/mol. The van der Waals surface area contributed by atoms with Crippen molar-refractivity contribution in [1.82, 2.24) is 10.2 Å². The molecule has 4 heteroatoms. The molecule has 3 rings (SSSR count). The Labute approximate surface area is 103 Å². The maximum Gasteiger partial charge on any atom is 0.153 e. The van der Waals surface area contributed by atoms with Gasteiger partial charge in [0.2, 0.25) is 0 Å². The van der Waals surface area contributed by atoms with E-state index in [9.17, 15) is 4.39 Å². The molecule has 0 aliphatic heterocycles. The molecule has 0 amide bonds. The van der Waals surface area contributed by atoms with Crippen LogP contribution >= 0.6 is 0 Å². The SMILES string of the molecule is Nc1n[nH]c2ccc(Cc3cccc(F)c3)cc12. The van der Waals surface area contributed by atoms with Gasteiger partial charge in [0, 0.05) is 5.39 Å². The van der Waals surface area contributed by atoms with Crippen LogP contribution in [0.25, 0.3) is 10.9 Å². The summed E-state index contributed by atoms with van der Waals surface area (Å²) in [5.41, 5.74) is 8.70. The highest BCUT2D eigenvalue weighted by atomic mass is 19.1. The summed E-state index contributed by atoms with van der Waals surface area (Å²) in [4.78, 5) is 0. The number of H-pyrrole nitrogens is 1. The average Bonchev–Trinajstić information content (AvgIpc) is 2.71. The molecule has 3 N–H and O–H groups in total. The number of nitrogens with two attached hydrogens (primary N) is 1. The molecule has 0 saturated carbocycles. The molecule has 2 aromatic carbocycles. The lowest BCUT2D eigenvalue weighted by Gasteiger charge is -2.02. The van der Waals surface area contributed by atoms with Crippen LogP contribution in [0.5, 0.6) is 0 Å². The number of aromatic nitrogens is 2. The first kappa shape index (κ1) is 10.8. The molecule has 90 valence electrons. The normalized spacial score (nSPS) is 10.9. The van der Waals surface area contributed by atoms with Gasteiger partial charge in [-0.2, -0.15) is 5.10 Å². The van der Waals surface area contributed by atoms with Crippen molar-refractivity contribution < 1.29 is 4.39 Å². The minimum Gasteiger partial charge on any atom is -0.382 e. The summed E-state index contributed by atoms with van der Waals surface area (Å²) in [7, 11) is 0. The Bertz CT molecular complexity index is 703. The Morgan fingerprint density at radius 3 is 2.78 bits per heavy atom. The van der Waals surface area contributed by atoms with Crippen molar-refractivity contribution in [2.75, 3.05) is 5.73 Å². The van der Waals surface area contributed by atoms with E-state index in [1.165, 1.54) is 6.07 Å². The Kier molecular flexibility index (Phi) is 2.48. The van der Waals surface area contributed by atoms with E-state index in [2.05, 4.69) is 10.2 Å². The minimum absolute atomic E-state index is 0.212. The molecular weight excluding hydrogens is 229 g/mol.